The molecule has 4 aliphatic heterocycles. The molecule has 0 N–H and O–H groups in total. The molecular formula is C50H54N4O4. The fraction of sp³-hybridized carbons (Fsp3) is 0.420. The van der Waals surface area contributed by atoms with Crippen molar-refractivity contribution in [2.24, 2.45) is 0 Å². The van der Waals surface area contributed by atoms with Gasteiger partial charge in [0.2, 0.25) is 0 Å². The Morgan fingerprint density at radius 2 is 1.24 bits per heavy atom. The number of carbonyl (C=O) groups is 1. The summed E-state index contributed by atoms with van der Waals surface area (Å²) in [5.74, 6) is 0.999. The molecule has 1 aromatic heterocycles. The molecule has 8 heteroatoms. The van der Waals surface area contributed by atoms with Crippen LogP contribution in [0.2, 0.25) is 0 Å². The second kappa shape index (κ2) is 13.9. The van der Waals surface area contributed by atoms with Crippen molar-refractivity contribution < 1.29 is 19.0 Å². The number of benzene rings is 4. The van der Waals surface area contributed by atoms with Gasteiger partial charge in [0.25, 0.3) is 0 Å². The summed E-state index contributed by atoms with van der Waals surface area (Å²) in [5.41, 5.74) is 9.64. The lowest BCUT2D eigenvalue weighted by Crippen LogP contribution is -2.31. The van der Waals surface area contributed by atoms with Crippen molar-refractivity contribution in [1.29, 1.82) is 0 Å². The van der Waals surface area contributed by atoms with Crippen molar-refractivity contribution in [3.05, 3.63) is 141 Å². The van der Waals surface area contributed by atoms with E-state index < -0.39 is 22.4 Å². The van der Waals surface area contributed by atoms with E-state index in [2.05, 4.69) is 129 Å². The van der Waals surface area contributed by atoms with Crippen molar-refractivity contribution in [1.82, 2.24) is 9.97 Å². The first-order valence-electron chi connectivity index (χ1n) is 21.6. The lowest BCUT2D eigenvalue weighted by atomic mass is 9.71. The third-order valence-electron chi connectivity index (χ3n) is 13.8. The molecular weight excluding hydrogens is 721 g/mol. The number of hydrogen-bond donors (Lipinski definition) is 0. The zero-order valence-electron chi connectivity index (χ0n) is 34.6. The smallest absolute Gasteiger partial charge is 0.360 e. The molecule has 3 fully saturated rings. The first kappa shape index (κ1) is 36.9. The molecule has 4 aromatic carbocycles. The number of ether oxygens (including phenoxy) is 3. The molecule has 1 aliphatic carbocycles. The van der Waals surface area contributed by atoms with Crippen molar-refractivity contribution in [2.45, 2.75) is 95.5 Å². The van der Waals surface area contributed by atoms with Gasteiger partial charge in [-0.05, 0) is 129 Å². The monoisotopic (exact) mass is 774 g/mol. The van der Waals surface area contributed by atoms with Crippen LogP contribution in [0, 0.1) is 13.8 Å². The largest absolute Gasteiger partial charge is 0.494 e. The predicted octanol–water partition coefficient (Wildman–Crippen LogP) is 9.69. The summed E-state index contributed by atoms with van der Waals surface area (Å²) in [4.78, 5) is 30.1. The Morgan fingerprint density at radius 3 is 1.81 bits per heavy atom. The van der Waals surface area contributed by atoms with E-state index in [1.807, 2.05) is 0 Å². The first-order chi connectivity index (χ1) is 28.2. The SMILES string of the molecule is CCCOc1ccc(C(C)(c2ccc(N3CCCC3)c(C)c2)c2nc3c4nc2C2C4(OC3=O)C2(c2ccc(OCCC)cc2)c2ccc(N3CCCC3)c(C)c2)cc1. The van der Waals surface area contributed by atoms with Crippen LogP contribution >= 0.6 is 0 Å². The van der Waals surface area contributed by atoms with Gasteiger partial charge in [-0.25, -0.2) is 14.8 Å². The molecule has 8 nitrogen and oxygen atoms in total. The number of hydrogen-bond acceptors (Lipinski definition) is 8. The van der Waals surface area contributed by atoms with Crippen molar-refractivity contribution >= 4 is 17.3 Å². The van der Waals surface area contributed by atoms with Crippen LogP contribution in [0.4, 0.5) is 11.4 Å². The number of carbonyl (C=O) groups excluding carboxylic acids is 1. The van der Waals surface area contributed by atoms with Gasteiger partial charge in [-0.15, -0.1) is 0 Å². The number of rotatable bonds is 13. The minimum atomic E-state index is -0.998. The highest BCUT2D eigenvalue weighted by Gasteiger charge is 2.89. The molecule has 5 heterocycles. The van der Waals surface area contributed by atoms with Crippen LogP contribution in [0.15, 0.2) is 84.9 Å². The van der Waals surface area contributed by atoms with Gasteiger partial charge in [-0.2, -0.15) is 0 Å². The van der Waals surface area contributed by atoms with E-state index in [-0.39, 0.29) is 5.92 Å². The lowest BCUT2D eigenvalue weighted by molar-refractivity contribution is 0.0247. The highest BCUT2D eigenvalue weighted by atomic mass is 16.6. The predicted molar refractivity (Wildman–Crippen MR) is 228 cm³/mol. The molecule has 0 radical (unpaired) electrons. The van der Waals surface area contributed by atoms with Crippen molar-refractivity contribution in [2.75, 3.05) is 49.2 Å². The molecule has 4 unspecified atom stereocenters. The van der Waals surface area contributed by atoms with E-state index in [1.165, 1.54) is 48.2 Å². The van der Waals surface area contributed by atoms with Crippen LogP contribution < -0.4 is 19.3 Å². The second-order valence-corrected chi connectivity index (χ2v) is 17.3. The van der Waals surface area contributed by atoms with Crippen LogP contribution in [0.1, 0.15) is 126 Å². The minimum absolute atomic E-state index is 0.270. The van der Waals surface area contributed by atoms with Crippen molar-refractivity contribution in [3.8, 4) is 11.5 Å². The molecule has 5 aliphatic rings. The quantitative estimate of drug-likeness (QED) is 0.110. The number of aromatic nitrogens is 2. The Labute approximate surface area is 342 Å². The minimum Gasteiger partial charge on any atom is -0.494 e. The standard InChI is InChI=1S/C50H54N4O4/c1-6-28-56-38-18-12-34(13-19-38)48(5,36-16-22-40(32(3)30-36)53-24-8-9-25-53)45-42-44-49(35-14-20-39(21-15-35)57-29-7-2,50(44)46(51-42)43(52-45)47(55)58-50)37-17-23-41(33(4)31-37)54-26-10-11-27-54/h12-23,30-31,44H,6-11,24-29H2,1-5H3. The Kier molecular flexibility index (Phi) is 8.84. The Balaban J connectivity index is 1.17. The Bertz CT molecular complexity index is 2400. The van der Waals surface area contributed by atoms with Crippen LogP contribution in [0.5, 0.6) is 11.5 Å². The normalized spacial score (nSPS) is 23.5. The molecule has 2 bridgehead atoms. The summed E-state index contributed by atoms with van der Waals surface area (Å²) in [6.07, 6.45) is 6.73. The van der Waals surface area contributed by atoms with Gasteiger partial charge < -0.3 is 24.0 Å². The molecule has 298 valence electrons. The van der Waals surface area contributed by atoms with E-state index in [0.717, 1.165) is 84.2 Å². The van der Waals surface area contributed by atoms with Gasteiger partial charge in [0.15, 0.2) is 11.3 Å². The van der Waals surface area contributed by atoms with Gasteiger partial charge in [0, 0.05) is 37.6 Å². The molecule has 1 saturated carbocycles. The Morgan fingerprint density at radius 1 is 0.707 bits per heavy atom. The third-order valence-corrected chi connectivity index (χ3v) is 13.8. The Hall–Kier alpha value is -5.37. The maximum Gasteiger partial charge on any atom is 0.360 e. The maximum atomic E-state index is 14.3. The molecule has 4 atom stereocenters. The molecule has 2 saturated heterocycles. The lowest BCUT2D eigenvalue weighted by Gasteiger charge is -2.34. The number of aryl methyl sites for hydroxylation is 2. The summed E-state index contributed by atoms with van der Waals surface area (Å²) in [5, 5.41) is 0. The van der Waals surface area contributed by atoms with Gasteiger partial charge in [-0.3, -0.25) is 0 Å². The van der Waals surface area contributed by atoms with Crippen LogP contribution in [0.25, 0.3) is 0 Å². The van der Waals surface area contributed by atoms with Crippen LogP contribution in [-0.4, -0.2) is 55.3 Å². The maximum absolute atomic E-state index is 14.3. The van der Waals surface area contributed by atoms with Gasteiger partial charge in [0.05, 0.1) is 41.3 Å². The highest BCUT2D eigenvalue weighted by Crippen LogP contribution is 2.82. The van der Waals surface area contributed by atoms with E-state index in [9.17, 15) is 4.79 Å². The summed E-state index contributed by atoms with van der Waals surface area (Å²) in [6.45, 7) is 16.6. The van der Waals surface area contributed by atoms with Crippen molar-refractivity contribution in [3.63, 3.8) is 0 Å². The van der Waals surface area contributed by atoms with E-state index in [1.54, 1.807) is 0 Å². The van der Waals surface area contributed by atoms with Crippen LogP contribution in [-0.2, 0) is 21.2 Å². The molecule has 5 aromatic rings. The zero-order chi connectivity index (χ0) is 39.8. The fourth-order valence-electron chi connectivity index (χ4n) is 11.0. The average molecular weight is 775 g/mol. The van der Waals surface area contributed by atoms with Crippen LogP contribution in [0.3, 0.4) is 0 Å². The molecule has 58 heavy (non-hydrogen) atoms. The van der Waals surface area contributed by atoms with E-state index in [0.29, 0.717) is 24.6 Å². The number of nitrogens with zero attached hydrogens (tertiary/aromatic N) is 4. The fourth-order valence-corrected chi connectivity index (χ4v) is 11.0. The number of esters is 1. The van der Waals surface area contributed by atoms with E-state index in [4.69, 9.17) is 24.2 Å². The third kappa shape index (κ3) is 5.22. The number of fused-ring (bicyclic) bond motifs is 2. The van der Waals surface area contributed by atoms with Gasteiger partial charge in [-0.1, -0.05) is 62.4 Å². The molecule has 0 amide bonds. The summed E-state index contributed by atoms with van der Waals surface area (Å²) in [7, 11) is 0. The highest BCUT2D eigenvalue weighted by molar-refractivity contribution is 5.96. The van der Waals surface area contributed by atoms with Gasteiger partial charge >= 0.3 is 5.97 Å². The molecule has 1 spiro atoms. The summed E-state index contributed by atoms with van der Waals surface area (Å²) >= 11 is 0. The zero-order valence-corrected chi connectivity index (χ0v) is 34.6. The molecule has 10 rings (SSSR count). The first-order valence-corrected chi connectivity index (χ1v) is 21.6. The second-order valence-electron chi connectivity index (χ2n) is 17.3. The topological polar surface area (TPSA) is 77.0 Å². The van der Waals surface area contributed by atoms with E-state index >= 15 is 0 Å². The average Bonchev–Trinajstić information content (AvgIpc) is 3.88. The summed E-state index contributed by atoms with van der Waals surface area (Å²) in [6, 6.07) is 30.8. The summed E-state index contributed by atoms with van der Waals surface area (Å²) < 4.78 is 18.8. The number of anilines is 2. The van der Waals surface area contributed by atoms with Gasteiger partial charge in [0.1, 0.15) is 17.2 Å².